The van der Waals surface area contributed by atoms with Gasteiger partial charge in [-0.3, -0.25) is 9.59 Å². The molecule has 3 rings (SSSR count). The molecule has 2 N–H and O–H groups in total. The van der Waals surface area contributed by atoms with Gasteiger partial charge in [0.1, 0.15) is 4.83 Å². The monoisotopic (exact) mass is 323 g/mol. The molecule has 0 unspecified atom stereocenters. The van der Waals surface area contributed by atoms with Gasteiger partial charge in [0.25, 0.3) is 5.56 Å². The van der Waals surface area contributed by atoms with Crippen molar-refractivity contribution in [3.63, 3.8) is 0 Å². The average molecular weight is 323 g/mol. The summed E-state index contributed by atoms with van der Waals surface area (Å²) in [4.78, 5) is 31.5. The van der Waals surface area contributed by atoms with Crippen molar-refractivity contribution >= 4 is 39.2 Å². The SMILES string of the molecule is O=C(CSc1nc2sccc2c(=O)[nH]1)NC1CCCCC1. The van der Waals surface area contributed by atoms with E-state index < -0.39 is 0 Å². The number of H-pyrrole nitrogens is 1. The molecule has 0 atom stereocenters. The van der Waals surface area contributed by atoms with Crippen molar-refractivity contribution in [1.82, 2.24) is 15.3 Å². The zero-order chi connectivity index (χ0) is 14.7. The molecule has 1 aliphatic rings. The fourth-order valence-electron chi connectivity index (χ4n) is 2.56. The van der Waals surface area contributed by atoms with E-state index in [0.717, 1.165) is 12.8 Å². The molecule has 2 aromatic rings. The summed E-state index contributed by atoms with van der Waals surface area (Å²) in [7, 11) is 0. The van der Waals surface area contributed by atoms with Crippen molar-refractivity contribution in [2.45, 2.75) is 43.3 Å². The molecule has 1 fully saturated rings. The number of amides is 1. The predicted octanol–water partition coefficient (Wildman–Crippen LogP) is 2.53. The molecule has 2 heterocycles. The van der Waals surface area contributed by atoms with E-state index in [1.807, 2.05) is 5.38 Å². The summed E-state index contributed by atoms with van der Waals surface area (Å²) >= 11 is 2.71. The zero-order valence-corrected chi connectivity index (χ0v) is 13.2. The highest BCUT2D eigenvalue weighted by atomic mass is 32.2. The van der Waals surface area contributed by atoms with Gasteiger partial charge in [0.15, 0.2) is 5.16 Å². The topological polar surface area (TPSA) is 74.8 Å². The number of thiophene rings is 1. The van der Waals surface area contributed by atoms with E-state index in [-0.39, 0.29) is 17.2 Å². The van der Waals surface area contributed by atoms with Crippen molar-refractivity contribution in [2.75, 3.05) is 5.75 Å². The summed E-state index contributed by atoms with van der Waals surface area (Å²) in [6.07, 6.45) is 5.82. The quantitative estimate of drug-likeness (QED) is 0.670. The van der Waals surface area contributed by atoms with Crippen LogP contribution < -0.4 is 10.9 Å². The number of nitrogens with one attached hydrogen (secondary N) is 2. The fourth-order valence-corrected chi connectivity index (χ4v) is 4.06. The molecular formula is C14H17N3O2S2. The Hall–Kier alpha value is -1.34. The Morgan fingerprint density at radius 1 is 1.43 bits per heavy atom. The summed E-state index contributed by atoms with van der Waals surface area (Å²) in [5.41, 5.74) is -0.142. The van der Waals surface area contributed by atoms with Gasteiger partial charge in [-0.25, -0.2) is 4.98 Å². The molecule has 0 saturated heterocycles. The Bertz CT molecular complexity index is 689. The van der Waals surface area contributed by atoms with E-state index >= 15 is 0 Å². The summed E-state index contributed by atoms with van der Waals surface area (Å²) in [5.74, 6) is 0.303. The molecule has 1 aliphatic carbocycles. The van der Waals surface area contributed by atoms with Crippen LogP contribution in [0, 0.1) is 0 Å². The van der Waals surface area contributed by atoms with Gasteiger partial charge in [-0.15, -0.1) is 11.3 Å². The van der Waals surface area contributed by atoms with Crippen LogP contribution in [-0.2, 0) is 4.79 Å². The van der Waals surface area contributed by atoms with Crippen molar-refractivity contribution in [2.24, 2.45) is 0 Å². The third kappa shape index (κ3) is 3.65. The molecule has 2 aromatic heterocycles. The lowest BCUT2D eigenvalue weighted by atomic mass is 9.95. The first kappa shape index (κ1) is 14.6. The minimum absolute atomic E-state index is 0.0147. The summed E-state index contributed by atoms with van der Waals surface area (Å²) < 4.78 is 0. The number of aromatic amines is 1. The molecular weight excluding hydrogens is 306 g/mol. The first-order valence-corrected chi connectivity index (χ1v) is 8.98. The van der Waals surface area contributed by atoms with Crippen LogP contribution in [0.4, 0.5) is 0 Å². The maximum absolute atomic E-state index is 11.9. The standard InChI is InChI=1S/C14H17N3O2S2/c18-11(15-9-4-2-1-3-5-9)8-21-14-16-12(19)10-6-7-20-13(10)17-14/h6-7,9H,1-5,8H2,(H,15,18)(H,16,17,19). The van der Waals surface area contributed by atoms with Crippen molar-refractivity contribution in [3.05, 3.63) is 21.8 Å². The molecule has 0 aliphatic heterocycles. The normalized spacial score (nSPS) is 16.2. The zero-order valence-electron chi connectivity index (χ0n) is 11.6. The summed E-state index contributed by atoms with van der Waals surface area (Å²) in [5, 5.41) is 6.02. The van der Waals surface area contributed by atoms with Gasteiger partial charge < -0.3 is 10.3 Å². The van der Waals surface area contributed by atoms with E-state index in [2.05, 4.69) is 15.3 Å². The van der Waals surface area contributed by atoms with Crippen LogP contribution in [0.25, 0.3) is 10.2 Å². The first-order valence-electron chi connectivity index (χ1n) is 7.12. The number of hydrogen-bond donors (Lipinski definition) is 2. The van der Waals surface area contributed by atoms with Crippen LogP contribution in [0.5, 0.6) is 0 Å². The van der Waals surface area contributed by atoms with Crippen molar-refractivity contribution < 1.29 is 4.79 Å². The van der Waals surface area contributed by atoms with Crippen LogP contribution >= 0.6 is 23.1 Å². The second kappa shape index (κ2) is 6.62. The van der Waals surface area contributed by atoms with E-state index in [1.165, 1.54) is 42.4 Å². The molecule has 7 heteroatoms. The highest BCUT2D eigenvalue weighted by Gasteiger charge is 2.16. The Labute approximate surface area is 130 Å². The Balaban J connectivity index is 1.58. The lowest BCUT2D eigenvalue weighted by molar-refractivity contribution is -0.119. The number of rotatable bonds is 4. The number of carbonyl (C=O) groups excluding carboxylic acids is 1. The average Bonchev–Trinajstić information content (AvgIpc) is 2.95. The summed E-state index contributed by atoms with van der Waals surface area (Å²) in [6.45, 7) is 0. The number of aromatic nitrogens is 2. The lowest BCUT2D eigenvalue weighted by Crippen LogP contribution is -2.37. The van der Waals surface area contributed by atoms with Gasteiger partial charge in [-0.05, 0) is 24.3 Å². The van der Waals surface area contributed by atoms with E-state index in [9.17, 15) is 9.59 Å². The number of fused-ring (bicyclic) bond motifs is 1. The van der Waals surface area contributed by atoms with E-state index in [0.29, 0.717) is 21.4 Å². The second-order valence-electron chi connectivity index (χ2n) is 5.20. The van der Waals surface area contributed by atoms with E-state index in [1.54, 1.807) is 6.07 Å². The molecule has 5 nitrogen and oxygen atoms in total. The minimum atomic E-state index is -0.142. The highest BCUT2D eigenvalue weighted by Crippen LogP contribution is 2.20. The third-order valence-corrected chi connectivity index (χ3v) is 5.30. The smallest absolute Gasteiger partial charge is 0.260 e. The molecule has 1 saturated carbocycles. The summed E-state index contributed by atoms with van der Waals surface area (Å²) in [6, 6.07) is 2.08. The maximum atomic E-state index is 11.9. The lowest BCUT2D eigenvalue weighted by Gasteiger charge is -2.22. The maximum Gasteiger partial charge on any atom is 0.260 e. The second-order valence-corrected chi connectivity index (χ2v) is 7.06. The Morgan fingerprint density at radius 2 is 2.24 bits per heavy atom. The van der Waals surface area contributed by atoms with Crippen LogP contribution in [0.15, 0.2) is 21.4 Å². The van der Waals surface area contributed by atoms with Gasteiger partial charge in [0.05, 0.1) is 11.1 Å². The van der Waals surface area contributed by atoms with Crippen LogP contribution in [-0.4, -0.2) is 27.7 Å². The number of thioether (sulfide) groups is 1. The van der Waals surface area contributed by atoms with Gasteiger partial charge in [0, 0.05) is 6.04 Å². The first-order chi connectivity index (χ1) is 10.2. The molecule has 0 aromatic carbocycles. The van der Waals surface area contributed by atoms with Crippen molar-refractivity contribution in [1.29, 1.82) is 0 Å². The van der Waals surface area contributed by atoms with Gasteiger partial charge in [-0.1, -0.05) is 31.0 Å². The van der Waals surface area contributed by atoms with Gasteiger partial charge >= 0.3 is 0 Å². The fraction of sp³-hybridized carbons (Fsp3) is 0.500. The number of hydrogen-bond acceptors (Lipinski definition) is 5. The van der Waals surface area contributed by atoms with Gasteiger partial charge in [0.2, 0.25) is 5.91 Å². The molecule has 1 amide bonds. The molecule has 0 bridgehead atoms. The molecule has 0 spiro atoms. The molecule has 0 radical (unpaired) electrons. The minimum Gasteiger partial charge on any atom is -0.353 e. The van der Waals surface area contributed by atoms with Crippen LogP contribution in [0.1, 0.15) is 32.1 Å². The Kier molecular flexibility index (Phi) is 4.60. The van der Waals surface area contributed by atoms with E-state index in [4.69, 9.17) is 0 Å². The Morgan fingerprint density at radius 3 is 3.05 bits per heavy atom. The predicted molar refractivity (Wildman–Crippen MR) is 86.0 cm³/mol. The van der Waals surface area contributed by atoms with Crippen LogP contribution in [0.2, 0.25) is 0 Å². The van der Waals surface area contributed by atoms with Gasteiger partial charge in [-0.2, -0.15) is 0 Å². The van der Waals surface area contributed by atoms with Crippen molar-refractivity contribution in [3.8, 4) is 0 Å². The highest BCUT2D eigenvalue weighted by molar-refractivity contribution is 7.99. The largest absolute Gasteiger partial charge is 0.353 e. The number of carbonyl (C=O) groups is 1. The van der Waals surface area contributed by atoms with Crippen LogP contribution in [0.3, 0.4) is 0 Å². The third-order valence-electron chi connectivity index (χ3n) is 3.62. The molecule has 112 valence electrons. The molecule has 21 heavy (non-hydrogen) atoms. The number of nitrogens with zero attached hydrogens (tertiary/aromatic N) is 1.